The van der Waals surface area contributed by atoms with Crippen LogP contribution < -0.4 is 20.9 Å². The number of rotatable bonds is 14. The molecule has 3 atom stereocenters. The van der Waals surface area contributed by atoms with Crippen molar-refractivity contribution in [1.82, 2.24) is 5.32 Å². The average molecular weight is 673 g/mol. The highest BCUT2D eigenvalue weighted by molar-refractivity contribution is 5.89. The molecule has 0 spiro atoms. The Kier molecular flexibility index (Phi) is 11.2. The Morgan fingerprint density at radius 2 is 1.84 bits per heavy atom. The maximum absolute atomic E-state index is 13.9. The number of fused-ring (bicyclic) bond motifs is 2. The minimum atomic E-state index is -0.385. The van der Waals surface area contributed by atoms with Gasteiger partial charge in [-0.1, -0.05) is 56.2 Å². The molecule has 0 fully saturated rings. The van der Waals surface area contributed by atoms with Crippen molar-refractivity contribution >= 4 is 18.1 Å². The number of ether oxygens (including phenoxy) is 1. The van der Waals surface area contributed by atoms with E-state index >= 15 is 0 Å². The number of phenolic OH excluding ortho intramolecular Hbond substituents is 2. The first-order valence-corrected chi connectivity index (χ1v) is 17.7. The van der Waals surface area contributed by atoms with E-state index in [0.29, 0.717) is 42.6 Å². The van der Waals surface area contributed by atoms with Crippen molar-refractivity contribution < 1.29 is 24.9 Å². The van der Waals surface area contributed by atoms with Crippen LogP contribution in [0.2, 0.25) is 0 Å². The van der Waals surface area contributed by atoms with E-state index in [1.165, 1.54) is 6.42 Å². The van der Waals surface area contributed by atoms with E-state index in [2.05, 4.69) is 29.4 Å². The van der Waals surface area contributed by atoms with Crippen molar-refractivity contribution in [2.45, 2.75) is 76.8 Å². The smallest absolute Gasteiger partial charge is 0.161 e. The zero-order valence-corrected chi connectivity index (χ0v) is 28.6. The molecule has 0 saturated carbocycles. The fourth-order valence-corrected chi connectivity index (χ4v) is 7.15. The van der Waals surface area contributed by atoms with Crippen LogP contribution in [0.25, 0.3) is 6.08 Å². The molecule has 0 bridgehead atoms. The molecule has 5 N–H and O–H groups in total. The summed E-state index contributed by atoms with van der Waals surface area (Å²) in [6.07, 6.45) is 19.3. The summed E-state index contributed by atoms with van der Waals surface area (Å²) in [4.78, 5) is 16.5. The van der Waals surface area contributed by atoms with Gasteiger partial charge in [0.1, 0.15) is 11.9 Å². The normalized spacial score (nSPS) is 20.1. The standard InChI is InChI=1S/C42H47N3O5/c1-2-3-4-5-6-7-32(46)12-8-27-10-15-38(48)39(23-27)50-21-18-28-9-14-37(47)36(22-28)40-33(41(49)31-16-19-44-26-31)13-11-29-25-35-30(24-34(29)40)17-20-45-42(35)43/h6-7,9-10,14-17,19-20,22-26,33,40,42,45,47-49H,2-5,8,11-13,18,21,43H2,1H3/p-1. The fraction of sp³-hybridized carbons (Fsp3) is 0.333. The van der Waals surface area contributed by atoms with E-state index in [0.717, 1.165) is 59.1 Å². The first kappa shape index (κ1) is 34.8. The second-order valence-electron chi connectivity index (χ2n) is 13.4. The first-order chi connectivity index (χ1) is 24.3. The number of nitrogens with zero attached hydrogens (tertiary/aromatic N) is 1. The zero-order valence-electron chi connectivity index (χ0n) is 28.6. The summed E-state index contributed by atoms with van der Waals surface area (Å²) in [7, 11) is 0. The van der Waals surface area contributed by atoms with Crippen molar-refractivity contribution in [3.05, 3.63) is 129 Å². The Hall–Kier alpha value is -5.08. The summed E-state index contributed by atoms with van der Waals surface area (Å²) in [5.41, 5.74) is 13.6. The van der Waals surface area contributed by atoms with Crippen LogP contribution >= 0.6 is 0 Å². The van der Waals surface area contributed by atoms with Gasteiger partial charge in [-0.15, -0.1) is 5.76 Å². The predicted octanol–water partition coefficient (Wildman–Crippen LogP) is 6.80. The van der Waals surface area contributed by atoms with Crippen LogP contribution in [0.3, 0.4) is 0 Å². The van der Waals surface area contributed by atoms with Crippen LogP contribution in [0.1, 0.15) is 96.5 Å². The topological polar surface area (TPSA) is 140 Å². The molecular weight excluding hydrogens is 626 g/mol. The second-order valence-corrected chi connectivity index (χ2v) is 13.4. The van der Waals surface area contributed by atoms with Crippen LogP contribution in [0, 0.1) is 5.92 Å². The molecule has 0 amide bonds. The third-order valence-corrected chi connectivity index (χ3v) is 9.89. The number of aryl methyl sites for hydroxylation is 2. The quantitative estimate of drug-likeness (QED) is 0.0839. The molecule has 3 aromatic carbocycles. The maximum Gasteiger partial charge on any atom is 0.161 e. The molecule has 3 unspecified atom stereocenters. The molecule has 260 valence electrons. The van der Waals surface area contributed by atoms with Crippen molar-refractivity contribution in [2.75, 3.05) is 6.61 Å². The molecule has 1 aliphatic carbocycles. The average Bonchev–Trinajstić information content (AvgIpc) is 3.67. The number of aliphatic imine (C=N–C) groups is 1. The number of carbonyl (C=O) groups excluding carboxylic acids is 1. The third kappa shape index (κ3) is 8.03. The molecule has 2 heterocycles. The number of allylic oxidation sites excluding steroid dienone is 5. The number of phenols is 2. The van der Waals surface area contributed by atoms with Gasteiger partial charge in [0.15, 0.2) is 17.3 Å². The van der Waals surface area contributed by atoms with Gasteiger partial charge in [-0.2, -0.15) is 0 Å². The zero-order chi connectivity index (χ0) is 35.0. The lowest BCUT2D eigenvalue weighted by Crippen LogP contribution is -2.31. The minimum absolute atomic E-state index is 0.0120. The van der Waals surface area contributed by atoms with Gasteiger partial charge in [-0.25, -0.2) is 0 Å². The van der Waals surface area contributed by atoms with Crippen molar-refractivity contribution in [3.8, 4) is 17.2 Å². The number of hydrogen-bond acceptors (Lipinski definition) is 8. The largest absolute Gasteiger partial charge is 0.875 e. The SMILES string of the molecule is CCCCCC=CC(=O)CCc1ccc(O)c(OCCc2ccc(O)c(C3c4cc5c(cc4CCC3C([O-])=C3C=CN=C3)C(N)NC=C5)c2)c1. The Balaban J connectivity index is 1.19. The van der Waals surface area contributed by atoms with Crippen LogP contribution in [0.4, 0.5) is 0 Å². The van der Waals surface area contributed by atoms with Crippen molar-refractivity contribution in [2.24, 2.45) is 16.6 Å². The van der Waals surface area contributed by atoms with E-state index in [9.17, 15) is 20.1 Å². The number of benzene rings is 3. The highest BCUT2D eigenvalue weighted by atomic mass is 16.5. The number of ketones is 1. The summed E-state index contributed by atoms with van der Waals surface area (Å²) in [6.45, 7) is 2.45. The first-order valence-electron chi connectivity index (χ1n) is 17.7. The number of nitrogens with two attached hydrogens (primary N) is 1. The van der Waals surface area contributed by atoms with E-state index in [1.807, 2.05) is 36.6 Å². The molecule has 0 aromatic heterocycles. The summed E-state index contributed by atoms with van der Waals surface area (Å²) in [5, 5.41) is 38.9. The van der Waals surface area contributed by atoms with Gasteiger partial charge >= 0.3 is 0 Å². The molecule has 8 heteroatoms. The lowest BCUT2D eigenvalue weighted by Gasteiger charge is -2.40. The predicted molar refractivity (Wildman–Crippen MR) is 196 cm³/mol. The Morgan fingerprint density at radius 1 is 1.02 bits per heavy atom. The number of carbonyl (C=O) groups is 1. The van der Waals surface area contributed by atoms with Gasteiger partial charge in [-0.05, 0) is 120 Å². The molecule has 6 rings (SSSR count). The Morgan fingerprint density at radius 3 is 2.64 bits per heavy atom. The maximum atomic E-state index is 13.9. The molecule has 3 aromatic rings. The van der Waals surface area contributed by atoms with E-state index < -0.39 is 0 Å². The Bertz CT molecular complexity index is 1860. The molecule has 0 radical (unpaired) electrons. The van der Waals surface area contributed by atoms with Gasteiger partial charge in [0.25, 0.3) is 0 Å². The van der Waals surface area contributed by atoms with E-state index in [4.69, 9.17) is 10.5 Å². The van der Waals surface area contributed by atoms with E-state index in [1.54, 1.807) is 42.8 Å². The molecule has 3 aliphatic rings. The monoisotopic (exact) mass is 672 g/mol. The molecular formula is C42H46N3O5-. The number of nitrogens with one attached hydrogen (secondary N) is 1. The lowest BCUT2D eigenvalue weighted by molar-refractivity contribution is -0.317. The Labute approximate surface area is 294 Å². The summed E-state index contributed by atoms with van der Waals surface area (Å²) < 4.78 is 6.05. The molecule has 50 heavy (non-hydrogen) atoms. The van der Waals surface area contributed by atoms with Crippen molar-refractivity contribution in [1.29, 1.82) is 0 Å². The highest BCUT2D eigenvalue weighted by Gasteiger charge is 2.34. The number of aromatic hydroxyl groups is 2. The second kappa shape index (κ2) is 16.1. The van der Waals surface area contributed by atoms with Crippen LogP contribution in [-0.2, 0) is 24.1 Å². The highest BCUT2D eigenvalue weighted by Crippen LogP contribution is 2.48. The number of unbranched alkanes of at least 4 members (excludes halogenated alkanes) is 3. The van der Waals surface area contributed by atoms with Gasteiger partial charge in [0.05, 0.1) is 6.61 Å². The van der Waals surface area contributed by atoms with Crippen LogP contribution in [-0.4, -0.2) is 28.8 Å². The summed E-state index contributed by atoms with van der Waals surface area (Å²) in [6, 6.07) is 15.0. The van der Waals surface area contributed by atoms with Crippen molar-refractivity contribution in [3.63, 3.8) is 0 Å². The van der Waals surface area contributed by atoms with E-state index in [-0.39, 0.29) is 47.6 Å². The van der Waals surface area contributed by atoms with Crippen LogP contribution in [0.15, 0.2) is 95.5 Å². The fourth-order valence-electron chi connectivity index (χ4n) is 7.15. The number of hydrogen-bond donors (Lipinski definition) is 4. The summed E-state index contributed by atoms with van der Waals surface area (Å²) >= 11 is 0. The van der Waals surface area contributed by atoms with Crippen LogP contribution in [0.5, 0.6) is 17.2 Å². The lowest BCUT2D eigenvalue weighted by atomic mass is 9.69. The molecule has 2 aliphatic heterocycles. The van der Waals surface area contributed by atoms with Gasteiger partial charge < -0.3 is 31.1 Å². The molecule has 0 saturated heterocycles. The summed E-state index contributed by atoms with van der Waals surface area (Å²) in [5.74, 6) is -0.119. The minimum Gasteiger partial charge on any atom is -0.875 e. The van der Waals surface area contributed by atoms with Gasteiger partial charge in [-0.3, -0.25) is 9.79 Å². The third-order valence-electron chi connectivity index (χ3n) is 9.89. The molecule has 8 nitrogen and oxygen atoms in total. The van der Waals surface area contributed by atoms with Gasteiger partial charge in [0.2, 0.25) is 0 Å². The van der Waals surface area contributed by atoms with Gasteiger partial charge in [0, 0.05) is 36.7 Å².